The van der Waals surface area contributed by atoms with Crippen LogP contribution in [0.25, 0.3) is 0 Å². The Morgan fingerprint density at radius 3 is 2.61 bits per heavy atom. The van der Waals surface area contributed by atoms with Crippen LogP contribution in [0.2, 0.25) is 0 Å². The van der Waals surface area contributed by atoms with E-state index >= 15 is 0 Å². The van der Waals surface area contributed by atoms with Gasteiger partial charge in [0.05, 0.1) is 6.04 Å². The van der Waals surface area contributed by atoms with Crippen LogP contribution in [0.4, 0.5) is 0 Å². The number of hydrogen-bond donors (Lipinski definition) is 2. The van der Waals surface area contributed by atoms with Crippen molar-refractivity contribution in [2.45, 2.75) is 19.4 Å². The van der Waals surface area contributed by atoms with Gasteiger partial charge < -0.3 is 11.1 Å². The number of nitrogens with two attached hydrogens (primary N) is 1. The number of hydrogen-bond acceptors (Lipinski definition) is 4. The smallest absolute Gasteiger partial charge is 0.216 e. The van der Waals surface area contributed by atoms with Crippen LogP contribution in [0, 0.1) is 0 Å². The quantitative estimate of drug-likeness (QED) is 0.752. The molecule has 1 rings (SSSR count). The predicted octanol–water partition coefficient (Wildman–Crippen LogP) is 0.952. The third kappa shape index (κ3) is 5.84. The molecule has 4 nitrogen and oxygen atoms in total. The topological polar surface area (TPSA) is 72.2 Å². The van der Waals surface area contributed by atoms with E-state index in [0.29, 0.717) is 18.7 Å². The molecule has 0 radical (unpaired) electrons. The lowest BCUT2D eigenvalue weighted by Crippen LogP contribution is -2.31. The van der Waals surface area contributed by atoms with Crippen LogP contribution in [-0.2, 0) is 16.0 Å². The largest absolute Gasteiger partial charge is 0.356 e. The van der Waals surface area contributed by atoms with E-state index in [-0.39, 0.29) is 11.0 Å². The summed E-state index contributed by atoms with van der Waals surface area (Å²) < 4.78 is 0. The van der Waals surface area contributed by atoms with Gasteiger partial charge in [-0.3, -0.25) is 9.59 Å². The Morgan fingerprint density at radius 2 is 2.00 bits per heavy atom. The molecule has 1 aromatic carbocycles. The molecule has 0 fully saturated rings. The monoisotopic (exact) mass is 266 g/mol. The van der Waals surface area contributed by atoms with E-state index in [4.69, 9.17) is 5.73 Å². The average molecular weight is 266 g/mol. The summed E-state index contributed by atoms with van der Waals surface area (Å²) in [6.45, 7) is 1.94. The zero-order valence-electron chi connectivity index (χ0n) is 10.4. The summed E-state index contributed by atoms with van der Waals surface area (Å²) in [6, 6.07) is 9.20. The normalized spacial score (nSPS) is 11.9. The first-order valence-electron chi connectivity index (χ1n) is 5.80. The van der Waals surface area contributed by atoms with Gasteiger partial charge in [-0.25, -0.2) is 0 Å². The molecule has 98 valence electrons. The Labute approximate surface area is 111 Å². The molecule has 0 spiro atoms. The van der Waals surface area contributed by atoms with Gasteiger partial charge in [0.2, 0.25) is 11.0 Å². The van der Waals surface area contributed by atoms with Gasteiger partial charge in [-0.2, -0.15) is 0 Å². The molecule has 5 heteroatoms. The van der Waals surface area contributed by atoms with Crippen LogP contribution in [0.1, 0.15) is 12.5 Å². The number of benzene rings is 1. The van der Waals surface area contributed by atoms with Gasteiger partial charge in [-0.05, 0) is 12.0 Å². The molecular weight excluding hydrogens is 248 g/mol. The second kappa shape index (κ2) is 7.89. The molecule has 0 aliphatic rings. The molecule has 18 heavy (non-hydrogen) atoms. The highest BCUT2D eigenvalue weighted by molar-refractivity contribution is 8.13. The molecule has 3 N–H and O–H groups in total. The second-order valence-electron chi connectivity index (χ2n) is 3.95. The fraction of sp³-hybridized carbons (Fsp3) is 0.385. The van der Waals surface area contributed by atoms with Crippen molar-refractivity contribution in [1.29, 1.82) is 0 Å². The van der Waals surface area contributed by atoms with Crippen LogP contribution in [0.15, 0.2) is 30.3 Å². The minimum absolute atomic E-state index is 0.0378. The lowest BCUT2D eigenvalue weighted by Gasteiger charge is -2.10. The van der Waals surface area contributed by atoms with Gasteiger partial charge >= 0.3 is 0 Å². The SMILES string of the molecule is CC(=O)NCCSC(=O)C(N)Cc1ccccc1. The summed E-state index contributed by atoms with van der Waals surface area (Å²) in [5, 5.41) is 2.60. The van der Waals surface area contributed by atoms with Gasteiger partial charge in [0.1, 0.15) is 0 Å². The van der Waals surface area contributed by atoms with Gasteiger partial charge in [-0.1, -0.05) is 42.1 Å². The molecule has 1 amide bonds. The first kappa shape index (κ1) is 14.7. The number of amides is 1. The van der Waals surface area contributed by atoms with Gasteiger partial charge in [0, 0.05) is 19.2 Å². The molecule has 0 bridgehead atoms. The fourth-order valence-corrected chi connectivity index (χ4v) is 2.14. The highest BCUT2D eigenvalue weighted by atomic mass is 32.2. The molecular formula is C13H18N2O2S. The highest BCUT2D eigenvalue weighted by Crippen LogP contribution is 2.09. The van der Waals surface area contributed by atoms with E-state index in [0.717, 1.165) is 5.56 Å². The summed E-state index contributed by atoms with van der Waals surface area (Å²) in [7, 11) is 0. The first-order chi connectivity index (χ1) is 8.59. The fourth-order valence-electron chi connectivity index (χ4n) is 1.44. The average Bonchev–Trinajstić information content (AvgIpc) is 2.35. The van der Waals surface area contributed by atoms with Crippen LogP contribution >= 0.6 is 11.8 Å². The van der Waals surface area contributed by atoms with E-state index in [1.165, 1.54) is 18.7 Å². The minimum Gasteiger partial charge on any atom is -0.356 e. The van der Waals surface area contributed by atoms with E-state index < -0.39 is 6.04 Å². The van der Waals surface area contributed by atoms with Crippen molar-refractivity contribution in [3.05, 3.63) is 35.9 Å². The summed E-state index contributed by atoms with van der Waals surface area (Å²) in [5.74, 6) is 0.470. The van der Waals surface area contributed by atoms with E-state index in [9.17, 15) is 9.59 Å². The summed E-state index contributed by atoms with van der Waals surface area (Å²) >= 11 is 1.17. The minimum atomic E-state index is -0.491. The molecule has 1 aromatic rings. The summed E-state index contributed by atoms with van der Waals surface area (Å²) in [5.41, 5.74) is 6.89. The highest BCUT2D eigenvalue weighted by Gasteiger charge is 2.14. The van der Waals surface area contributed by atoms with Crippen LogP contribution in [0.5, 0.6) is 0 Å². The Balaban J connectivity index is 2.27. The number of rotatable bonds is 6. The predicted molar refractivity (Wildman–Crippen MR) is 74.3 cm³/mol. The number of nitrogens with one attached hydrogen (secondary N) is 1. The molecule has 1 unspecified atom stereocenters. The number of thioether (sulfide) groups is 1. The Morgan fingerprint density at radius 1 is 1.33 bits per heavy atom. The number of carbonyl (C=O) groups is 2. The lowest BCUT2D eigenvalue weighted by atomic mass is 10.1. The standard InChI is InChI=1S/C13H18N2O2S/c1-10(16)15-7-8-18-13(17)12(14)9-11-5-3-2-4-6-11/h2-6,12H,7-9,14H2,1H3,(H,15,16). The zero-order chi connectivity index (χ0) is 13.4. The Kier molecular flexibility index (Phi) is 6.46. The zero-order valence-corrected chi connectivity index (χ0v) is 11.2. The molecule has 0 saturated carbocycles. The molecule has 0 heterocycles. The molecule has 0 saturated heterocycles. The van der Waals surface area contributed by atoms with Crippen molar-refractivity contribution < 1.29 is 9.59 Å². The van der Waals surface area contributed by atoms with Gasteiger partial charge in [-0.15, -0.1) is 0 Å². The summed E-state index contributed by atoms with van der Waals surface area (Å²) in [6.07, 6.45) is 0.548. The maximum absolute atomic E-state index is 11.7. The van der Waals surface area contributed by atoms with Gasteiger partial charge in [0.25, 0.3) is 0 Å². The Bertz CT molecular complexity index is 395. The van der Waals surface area contributed by atoms with E-state index in [2.05, 4.69) is 5.32 Å². The third-order valence-electron chi connectivity index (χ3n) is 2.32. The maximum Gasteiger partial charge on any atom is 0.216 e. The van der Waals surface area contributed by atoms with Crippen molar-refractivity contribution in [3.63, 3.8) is 0 Å². The van der Waals surface area contributed by atoms with Crippen LogP contribution in [-0.4, -0.2) is 29.4 Å². The van der Waals surface area contributed by atoms with Crippen molar-refractivity contribution in [3.8, 4) is 0 Å². The van der Waals surface area contributed by atoms with Crippen LogP contribution < -0.4 is 11.1 Å². The Hall–Kier alpha value is -1.33. The van der Waals surface area contributed by atoms with E-state index in [1.54, 1.807) is 0 Å². The molecule has 1 atom stereocenters. The molecule has 0 aliphatic heterocycles. The van der Waals surface area contributed by atoms with Crippen molar-refractivity contribution in [1.82, 2.24) is 5.32 Å². The lowest BCUT2D eigenvalue weighted by molar-refractivity contribution is -0.119. The van der Waals surface area contributed by atoms with E-state index in [1.807, 2.05) is 30.3 Å². The van der Waals surface area contributed by atoms with Crippen molar-refractivity contribution in [2.75, 3.05) is 12.3 Å². The molecule has 0 aromatic heterocycles. The van der Waals surface area contributed by atoms with Crippen molar-refractivity contribution >= 4 is 22.8 Å². The second-order valence-corrected chi connectivity index (χ2v) is 5.05. The first-order valence-corrected chi connectivity index (χ1v) is 6.78. The third-order valence-corrected chi connectivity index (χ3v) is 3.32. The maximum atomic E-state index is 11.7. The summed E-state index contributed by atoms with van der Waals surface area (Å²) in [4.78, 5) is 22.4. The van der Waals surface area contributed by atoms with Gasteiger partial charge in [0.15, 0.2) is 0 Å². The number of carbonyl (C=O) groups excluding carboxylic acids is 2. The molecule has 0 aliphatic carbocycles. The van der Waals surface area contributed by atoms with Crippen LogP contribution in [0.3, 0.4) is 0 Å². The van der Waals surface area contributed by atoms with Crippen molar-refractivity contribution in [2.24, 2.45) is 5.73 Å².